The number of amides is 1. The van der Waals surface area contributed by atoms with Gasteiger partial charge < -0.3 is 5.11 Å². The van der Waals surface area contributed by atoms with Crippen LogP contribution in [0.4, 0.5) is 5.69 Å². The van der Waals surface area contributed by atoms with Gasteiger partial charge in [-0.2, -0.15) is 5.10 Å². The van der Waals surface area contributed by atoms with Crippen LogP contribution in [0, 0.1) is 10.1 Å². The molecule has 124 valence electrons. The largest absolute Gasteiger partial charge is 0.506 e. The molecular formula is C14H8Br2ClN3O4. The fourth-order valence-electron chi connectivity index (χ4n) is 1.68. The van der Waals surface area contributed by atoms with E-state index in [2.05, 4.69) is 42.4 Å². The summed E-state index contributed by atoms with van der Waals surface area (Å²) in [6.45, 7) is 0. The summed E-state index contributed by atoms with van der Waals surface area (Å²) in [5.74, 6) is -0.542. The number of hydrogen-bond acceptors (Lipinski definition) is 5. The van der Waals surface area contributed by atoms with Crippen LogP contribution in [0.2, 0.25) is 5.02 Å². The second-order valence-electron chi connectivity index (χ2n) is 4.46. The molecule has 0 bridgehead atoms. The van der Waals surface area contributed by atoms with Crippen molar-refractivity contribution >= 4 is 61.3 Å². The zero-order chi connectivity index (χ0) is 17.9. The molecule has 0 aliphatic rings. The minimum Gasteiger partial charge on any atom is -0.506 e. The first kappa shape index (κ1) is 18.4. The van der Waals surface area contributed by atoms with Crippen LogP contribution in [0.5, 0.6) is 5.75 Å². The molecule has 0 aliphatic carbocycles. The number of nitrogens with one attached hydrogen (secondary N) is 1. The fraction of sp³-hybridized carbons (Fsp3) is 0. The Morgan fingerprint density at radius 1 is 1.29 bits per heavy atom. The topological polar surface area (TPSA) is 105 Å². The maximum Gasteiger partial charge on any atom is 0.288 e. The lowest BCUT2D eigenvalue weighted by molar-refractivity contribution is -0.384. The van der Waals surface area contributed by atoms with E-state index in [0.717, 1.165) is 0 Å². The molecule has 0 saturated carbocycles. The summed E-state index contributed by atoms with van der Waals surface area (Å²) in [4.78, 5) is 22.2. The Morgan fingerprint density at radius 3 is 2.50 bits per heavy atom. The number of carbonyl (C=O) groups is 1. The highest BCUT2D eigenvalue weighted by atomic mass is 79.9. The molecular weight excluding hydrogens is 469 g/mol. The summed E-state index contributed by atoms with van der Waals surface area (Å²) in [6.07, 6.45) is 1.26. The summed E-state index contributed by atoms with van der Waals surface area (Å²) in [7, 11) is 0. The minimum absolute atomic E-state index is 0.0139. The van der Waals surface area contributed by atoms with Crippen molar-refractivity contribution in [3.63, 3.8) is 0 Å². The first-order valence-corrected chi connectivity index (χ1v) is 8.21. The van der Waals surface area contributed by atoms with Gasteiger partial charge in [-0.05, 0) is 50.1 Å². The van der Waals surface area contributed by atoms with Gasteiger partial charge in [0.1, 0.15) is 10.8 Å². The molecule has 0 heterocycles. The molecule has 0 atom stereocenters. The van der Waals surface area contributed by atoms with Crippen molar-refractivity contribution in [3.8, 4) is 5.75 Å². The van der Waals surface area contributed by atoms with Gasteiger partial charge in [0.2, 0.25) is 0 Å². The van der Waals surface area contributed by atoms with Gasteiger partial charge in [-0.1, -0.05) is 17.7 Å². The number of hydrogen-bond donors (Lipinski definition) is 2. The zero-order valence-corrected chi connectivity index (χ0v) is 15.6. The molecule has 0 unspecified atom stereocenters. The number of phenolic OH excluding ortho intramolecular Hbond substituents is 1. The Bertz CT molecular complexity index is 835. The highest BCUT2D eigenvalue weighted by Crippen LogP contribution is 2.33. The van der Waals surface area contributed by atoms with Crippen LogP contribution in [-0.2, 0) is 0 Å². The molecule has 24 heavy (non-hydrogen) atoms. The number of phenols is 1. The van der Waals surface area contributed by atoms with Gasteiger partial charge in [-0.25, -0.2) is 5.43 Å². The van der Waals surface area contributed by atoms with Gasteiger partial charge in [0, 0.05) is 17.2 Å². The lowest BCUT2D eigenvalue weighted by Crippen LogP contribution is -2.17. The van der Waals surface area contributed by atoms with Crippen molar-refractivity contribution < 1.29 is 14.8 Å². The van der Waals surface area contributed by atoms with Gasteiger partial charge >= 0.3 is 0 Å². The number of carbonyl (C=O) groups excluding carboxylic acids is 1. The molecule has 10 heteroatoms. The quantitative estimate of drug-likeness (QED) is 0.390. The van der Waals surface area contributed by atoms with Gasteiger partial charge in [-0.15, -0.1) is 0 Å². The number of benzene rings is 2. The lowest BCUT2D eigenvalue weighted by atomic mass is 10.2. The van der Waals surface area contributed by atoms with Crippen molar-refractivity contribution in [1.29, 1.82) is 0 Å². The number of hydrazone groups is 1. The van der Waals surface area contributed by atoms with E-state index in [4.69, 9.17) is 11.6 Å². The van der Waals surface area contributed by atoms with Gasteiger partial charge in [0.15, 0.2) is 0 Å². The van der Waals surface area contributed by atoms with E-state index >= 15 is 0 Å². The molecule has 7 nitrogen and oxygen atoms in total. The van der Waals surface area contributed by atoms with Gasteiger partial charge in [0.05, 0.1) is 20.1 Å². The summed E-state index contributed by atoms with van der Waals surface area (Å²) in [6, 6.07) is 7.00. The molecule has 0 saturated heterocycles. The van der Waals surface area contributed by atoms with Crippen LogP contribution in [0.15, 0.2) is 44.4 Å². The van der Waals surface area contributed by atoms with E-state index < -0.39 is 10.8 Å². The Balaban J connectivity index is 2.13. The van der Waals surface area contributed by atoms with E-state index in [1.165, 1.54) is 36.5 Å². The average molecular weight is 477 g/mol. The predicted molar refractivity (Wildman–Crippen MR) is 96.7 cm³/mol. The normalized spacial score (nSPS) is 10.8. The van der Waals surface area contributed by atoms with Crippen molar-refractivity contribution in [2.75, 3.05) is 0 Å². The number of rotatable bonds is 4. The number of halogens is 3. The molecule has 2 N–H and O–H groups in total. The molecule has 2 aromatic rings. The van der Waals surface area contributed by atoms with Crippen LogP contribution < -0.4 is 5.43 Å². The Hall–Kier alpha value is -1.97. The first-order valence-electron chi connectivity index (χ1n) is 6.25. The number of nitrogens with zero attached hydrogens (tertiary/aromatic N) is 2. The molecule has 2 aromatic carbocycles. The second-order valence-corrected chi connectivity index (χ2v) is 6.57. The van der Waals surface area contributed by atoms with Crippen molar-refractivity contribution in [2.24, 2.45) is 5.10 Å². The third kappa shape index (κ3) is 4.31. The van der Waals surface area contributed by atoms with Crippen molar-refractivity contribution in [1.82, 2.24) is 5.43 Å². The van der Waals surface area contributed by atoms with E-state index in [9.17, 15) is 20.0 Å². The lowest BCUT2D eigenvalue weighted by Gasteiger charge is -2.04. The molecule has 0 aliphatic heterocycles. The van der Waals surface area contributed by atoms with E-state index in [-0.39, 0.29) is 22.0 Å². The Kier molecular flexibility index (Phi) is 5.92. The molecule has 0 fully saturated rings. The Labute approximate surface area is 157 Å². The summed E-state index contributed by atoms with van der Waals surface area (Å²) in [5.41, 5.74) is 2.70. The standard InChI is InChI=1S/C14H8Br2ClN3O4/c15-9-4-8(5-10(16)13(9)21)14(22)19-18-6-7-1-2-11(17)12(3-7)20(23)24/h1-6,21H,(H,19,22)/b18-6-. The molecule has 0 spiro atoms. The second kappa shape index (κ2) is 7.73. The molecule has 0 aromatic heterocycles. The van der Waals surface area contributed by atoms with E-state index in [0.29, 0.717) is 14.5 Å². The van der Waals surface area contributed by atoms with Gasteiger partial charge in [0.25, 0.3) is 11.6 Å². The monoisotopic (exact) mass is 475 g/mol. The Morgan fingerprint density at radius 2 is 1.92 bits per heavy atom. The predicted octanol–water partition coefficient (Wildman–Crippen LogP) is 4.24. The third-order valence-corrected chi connectivity index (χ3v) is 4.35. The number of aromatic hydroxyl groups is 1. The fourth-order valence-corrected chi connectivity index (χ4v) is 3.05. The summed E-state index contributed by atoms with van der Waals surface area (Å²) >= 11 is 12.0. The van der Waals surface area contributed by atoms with Gasteiger partial charge in [-0.3, -0.25) is 14.9 Å². The molecule has 0 radical (unpaired) electrons. The highest BCUT2D eigenvalue weighted by molar-refractivity contribution is 9.11. The smallest absolute Gasteiger partial charge is 0.288 e. The van der Waals surface area contributed by atoms with Crippen LogP contribution in [0.1, 0.15) is 15.9 Å². The van der Waals surface area contributed by atoms with Crippen LogP contribution >= 0.6 is 43.5 Å². The molecule has 2 rings (SSSR count). The van der Waals surface area contributed by atoms with Crippen molar-refractivity contribution in [3.05, 3.63) is 65.5 Å². The van der Waals surface area contributed by atoms with Crippen LogP contribution in [-0.4, -0.2) is 22.2 Å². The summed E-state index contributed by atoms with van der Waals surface area (Å²) < 4.78 is 0.693. The minimum atomic E-state index is -0.607. The summed E-state index contributed by atoms with van der Waals surface area (Å²) in [5, 5.41) is 24.2. The SMILES string of the molecule is O=C(N/N=C\c1ccc(Cl)c([N+](=O)[O-])c1)c1cc(Br)c(O)c(Br)c1. The van der Waals surface area contributed by atoms with Crippen LogP contribution in [0.3, 0.4) is 0 Å². The zero-order valence-electron chi connectivity index (χ0n) is 11.7. The maximum absolute atomic E-state index is 12.0. The number of nitro groups is 1. The van der Waals surface area contributed by atoms with Crippen LogP contribution in [0.25, 0.3) is 0 Å². The third-order valence-electron chi connectivity index (χ3n) is 2.83. The highest BCUT2D eigenvalue weighted by Gasteiger charge is 2.13. The van der Waals surface area contributed by atoms with E-state index in [1.54, 1.807) is 0 Å². The number of nitro benzene ring substituents is 1. The first-order chi connectivity index (χ1) is 11.3. The maximum atomic E-state index is 12.0. The average Bonchev–Trinajstić information content (AvgIpc) is 2.53. The van der Waals surface area contributed by atoms with E-state index in [1.807, 2.05) is 0 Å². The van der Waals surface area contributed by atoms with Crippen molar-refractivity contribution in [2.45, 2.75) is 0 Å². The molecule has 1 amide bonds.